The molecule has 0 aromatic heterocycles. The summed E-state index contributed by atoms with van der Waals surface area (Å²) in [5, 5.41) is 2.87. The van der Waals surface area contributed by atoms with Crippen molar-refractivity contribution in [3.05, 3.63) is 59.7 Å². The maximum Gasteiger partial charge on any atom is 0.230 e. The molecule has 23 heavy (non-hydrogen) atoms. The highest BCUT2D eigenvalue weighted by Gasteiger charge is 2.56. The number of hydrogen-bond acceptors (Lipinski definition) is 2. The summed E-state index contributed by atoms with van der Waals surface area (Å²) < 4.78 is 4.50. The highest BCUT2D eigenvalue weighted by atomic mass is 35.5. The summed E-state index contributed by atoms with van der Waals surface area (Å²) >= 11 is 11.9. The van der Waals surface area contributed by atoms with Gasteiger partial charge in [0.25, 0.3) is 0 Å². The zero-order chi connectivity index (χ0) is 16.4. The van der Waals surface area contributed by atoms with Crippen LogP contribution in [0.4, 0.5) is 5.69 Å². The quantitative estimate of drug-likeness (QED) is 0.811. The fraction of sp³-hybridized carbons (Fsp3) is 0.278. The van der Waals surface area contributed by atoms with Crippen LogP contribution in [0.25, 0.3) is 0 Å². The van der Waals surface area contributed by atoms with E-state index in [1.54, 1.807) is 7.11 Å². The third-order valence-corrected chi connectivity index (χ3v) is 4.76. The largest absolute Gasteiger partial charge is 0.496 e. The molecule has 0 aliphatic heterocycles. The van der Waals surface area contributed by atoms with Crippen molar-refractivity contribution in [2.24, 2.45) is 5.92 Å². The minimum atomic E-state index is -0.913. The molecular weight excluding hydrogens is 333 g/mol. The Balaban J connectivity index is 1.77. The molecule has 1 fully saturated rings. The number of carbonyl (C=O) groups is 1. The molecule has 2 aromatic carbocycles. The van der Waals surface area contributed by atoms with Gasteiger partial charge in [-0.05, 0) is 30.2 Å². The molecule has 3 rings (SSSR count). The van der Waals surface area contributed by atoms with E-state index in [1.165, 1.54) is 5.56 Å². The van der Waals surface area contributed by atoms with E-state index in [2.05, 4.69) is 17.4 Å². The number of amides is 1. The van der Waals surface area contributed by atoms with E-state index in [9.17, 15) is 4.79 Å². The van der Waals surface area contributed by atoms with Crippen LogP contribution >= 0.6 is 23.2 Å². The first kappa shape index (κ1) is 16.2. The number of ether oxygens (including phenoxy) is 1. The molecule has 0 heterocycles. The van der Waals surface area contributed by atoms with Gasteiger partial charge in [0.1, 0.15) is 10.1 Å². The lowest BCUT2D eigenvalue weighted by Crippen LogP contribution is -2.17. The Morgan fingerprint density at radius 2 is 1.96 bits per heavy atom. The van der Waals surface area contributed by atoms with Crippen molar-refractivity contribution in [1.82, 2.24) is 0 Å². The average Bonchev–Trinajstić information content (AvgIpc) is 3.18. The van der Waals surface area contributed by atoms with Gasteiger partial charge in [-0.25, -0.2) is 0 Å². The van der Waals surface area contributed by atoms with Gasteiger partial charge in [-0.15, -0.1) is 23.2 Å². The molecule has 0 radical (unpaired) electrons. The molecule has 5 heteroatoms. The number of alkyl halides is 2. The molecule has 2 aromatic rings. The van der Waals surface area contributed by atoms with Crippen molar-refractivity contribution in [3.63, 3.8) is 0 Å². The van der Waals surface area contributed by atoms with Gasteiger partial charge in [0, 0.05) is 17.7 Å². The topological polar surface area (TPSA) is 38.3 Å². The second-order valence-electron chi connectivity index (χ2n) is 5.70. The monoisotopic (exact) mass is 349 g/mol. The van der Waals surface area contributed by atoms with Crippen molar-refractivity contribution in [2.45, 2.75) is 17.2 Å². The second-order valence-corrected chi connectivity index (χ2v) is 7.24. The number of nitrogens with one attached hydrogen (secondary N) is 1. The van der Waals surface area contributed by atoms with Gasteiger partial charge < -0.3 is 10.1 Å². The zero-order valence-electron chi connectivity index (χ0n) is 12.7. The number of methoxy groups -OCH3 is 1. The third-order valence-electron chi connectivity index (χ3n) is 3.93. The lowest BCUT2D eigenvalue weighted by Gasteiger charge is -2.12. The van der Waals surface area contributed by atoms with Crippen molar-refractivity contribution >= 4 is 34.8 Å². The van der Waals surface area contributed by atoms with Gasteiger partial charge in [-0.3, -0.25) is 4.79 Å². The molecule has 120 valence electrons. The van der Waals surface area contributed by atoms with E-state index in [4.69, 9.17) is 27.9 Å². The van der Waals surface area contributed by atoms with Crippen LogP contribution in [0.2, 0.25) is 0 Å². The molecule has 0 bridgehead atoms. The predicted molar refractivity (Wildman–Crippen MR) is 93.4 cm³/mol. The number of benzene rings is 2. The van der Waals surface area contributed by atoms with Crippen LogP contribution in [-0.4, -0.2) is 17.4 Å². The van der Waals surface area contributed by atoms with Crippen LogP contribution in [0.1, 0.15) is 17.5 Å². The first-order valence-electron chi connectivity index (χ1n) is 7.39. The standard InChI is InChI=1S/C18H17Cl2NO2/c1-23-16-8-7-14(21-17(22)15-11-18(15,19)20)10-13(16)9-12-5-3-2-4-6-12/h2-8,10,15H,9,11H2,1H3,(H,21,22). The minimum Gasteiger partial charge on any atom is -0.496 e. The Hall–Kier alpha value is -1.71. The molecule has 0 saturated heterocycles. The molecule has 1 unspecified atom stereocenters. The van der Waals surface area contributed by atoms with Crippen LogP contribution in [0, 0.1) is 5.92 Å². The summed E-state index contributed by atoms with van der Waals surface area (Å²) in [6, 6.07) is 15.7. The van der Waals surface area contributed by atoms with Gasteiger partial charge in [-0.2, -0.15) is 0 Å². The highest BCUT2D eigenvalue weighted by molar-refractivity contribution is 6.52. The van der Waals surface area contributed by atoms with E-state index in [0.29, 0.717) is 6.42 Å². The molecule has 1 saturated carbocycles. The normalized spacial score (nSPS) is 18.3. The smallest absolute Gasteiger partial charge is 0.230 e. The van der Waals surface area contributed by atoms with E-state index in [-0.39, 0.29) is 11.8 Å². The molecule has 1 atom stereocenters. The predicted octanol–water partition coefficient (Wildman–Crippen LogP) is 4.42. The van der Waals surface area contributed by atoms with Crippen LogP contribution in [-0.2, 0) is 11.2 Å². The van der Waals surface area contributed by atoms with Crippen LogP contribution in [0.5, 0.6) is 5.75 Å². The Labute approximate surface area is 145 Å². The van der Waals surface area contributed by atoms with E-state index in [0.717, 1.165) is 23.4 Å². The Morgan fingerprint density at radius 1 is 1.26 bits per heavy atom. The number of carbonyl (C=O) groups excluding carboxylic acids is 1. The summed E-state index contributed by atoms with van der Waals surface area (Å²) in [5.74, 6) is 0.304. The van der Waals surface area contributed by atoms with Crippen molar-refractivity contribution < 1.29 is 9.53 Å². The van der Waals surface area contributed by atoms with Crippen molar-refractivity contribution in [1.29, 1.82) is 0 Å². The first-order valence-corrected chi connectivity index (χ1v) is 8.15. The molecule has 3 nitrogen and oxygen atoms in total. The van der Waals surface area contributed by atoms with Gasteiger partial charge in [0.15, 0.2) is 0 Å². The Morgan fingerprint density at radius 3 is 2.57 bits per heavy atom. The van der Waals surface area contributed by atoms with Gasteiger partial charge in [0.2, 0.25) is 5.91 Å². The first-order chi connectivity index (χ1) is 11.0. The lowest BCUT2D eigenvalue weighted by atomic mass is 10.0. The van der Waals surface area contributed by atoms with E-state index < -0.39 is 4.33 Å². The molecule has 1 amide bonds. The number of anilines is 1. The Bertz CT molecular complexity index is 716. The lowest BCUT2D eigenvalue weighted by molar-refractivity contribution is -0.117. The summed E-state index contributed by atoms with van der Waals surface area (Å²) in [7, 11) is 1.64. The van der Waals surface area contributed by atoms with Crippen molar-refractivity contribution in [3.8, 4) is 5.75 Å². The molecule has 1 aliphatic carbocycles. The minimum absolute atomic E-state index is 0.147. The average molecular weight is 350 g/mol. The maximum absolute atomic E-state index is 12.1. The van der Waals surface area contributed by atoms with Gasteiger partial charge in [-0.1, -0.05) is 30.3 Å². The molecule has 0 spiro atoms. The van der Waals surface area contributed by atoms with Crippen molar-refractivity contribution in [2.75, 3.05) is 12.4 Å². The summed E-state index contributed by atoms with van der Waals surface area (Å²) in [4.78, 5) is 12.1. The van der Waals surface area contributed by atoms with E-state index in [1.807, 2.05) is 36.4 Å². The summed E-state index contributed by atoms with van der Waals surface area (Å²) in [6.45, 7) is 0. The van der Waals surface area contributed by atoms with Crippen LogP contribution in [0.15, 0.2) is 48.5 Å². The maximum atomic E-state index is 12.1. The molecular formula is C18H17Cl2NO2. The third kappa shape index (κ3) is 3.80. The second kappa shape index (κ2) is 6.42. The zero-order valence-corrected chi connectivity index (χ0v) is 14.2. The number of halogens is 2. The SMILES string of the molecule is COc1ccc(NC(=O)C2CC2(Cl)Cl)cc1Cc1ccccc1. The van der Waals surface area contributed by atoms with Gasteiger partial charge >= 0.3 is 0 Å². The Kier molecular flexibility index (Phi) is 4.51. The summed E-state index contributed by atoms with van der Waals surface area (Å²) in [5.41, 5.74) is 2.91. The fourth-order valence-electron chi connectivity index (χ4n) is 2.54. The number of rotatable bonds is 5. The fourth-order valence-corrected chi connectivity index (χ4v) is 3.04. The van der Waals surface area contributed by atoms with Gasteiger partial charge in [0.05, 0.1) is 13.0 Å². The van der Waals surface area contributed by atoms with Crippen LogP contribution < -0.4 is 10.1 Å². The molecule has 1 N–H and O–H groups in total. The highest BCUT2D eigenvalue weighted by Crippen LogP contribution is 2.53. The summed E-state index contributed by atoms with van der Waals surface area (Å²) in [6.07, 6.45) is 1.22. The van der Waals surface area contributed by atoms with Crippen LogP contribution in [0.3, 0.4) is 0 Å². The molecule has 1 aliphatic rings. The number of hydrogen-bond donors (Lipinski definition) is 1. The van der Waals surface area contributed by atoms with E-state index >= 15 is 0 Å².